The molecular formula is C16H20N4O3S. The third kappa shape index (κ3) is 5.54. The van der Waals surface area contributed by atoms with Gasteiger partial charge in [-0.05, 0) is 30.2 Å². The first kappa shape index (κ1) is 17.7. The summed E-state index contributed by atoms with van der Waals surface area (Å²) in [6, 6.07) is 9.87. The number of benzene rings is 1. The van der Waals surface area contributed by atoms with Gasteiger partial charge in [0.25, 0.3) is 0 Å². The maximum absolute atomic E-state index is 12.0. The van der Waals surface area contributed by atoms with Gasteiger partial charge in [0.1, 0.15) is 0 Å². The summed E-state index contributed by atoms with van der Waals surface area (Å²) in [5.74, 6) is 0. The molecule has 128 valence electrons. The maximum Gasteiger partial charge on any atom is 0.315 e. The van der Waals surface area contributed by atoms with Gasteiger partial charge < -0.3 is 10.6 Å². The Hall–Kier alpha value is -2.61. The number of amides is 2. The van der Waals surface area contributed by atoms with E-state index in [0.29, 0.717) is 17.8 Å². The van der Waals surface area contributed by atoms with Crippen molar-refractivity contribution < 1.29 is 13.2 Å². The van der Waals surface area contributed by atoms with Crippen LogP contribution in [0.1, 0.15) is 24.1 Å². The number of anilines is 1. The molecule has 1 aromatic heterocycles. The zero-order valence-corrected chi connectivity index (χ0v) is 14.3. The highest BCUT2D eigenvalue weighted by Crippen LogP contribution is 2.23. The van der Waals surface area contributed by atoms with Crippen molar-refractivity contribution in [2.45, 2.75) is 19.5 Å². The molecule has 24 heavy (non-hydrogen) atoms. The van der Waals surface area contributed by atoms with Crippen molar-refractivity contribution in [2.24, 2.45) is 0 Å². The van der Waals surface area contributed by atoms with E-state index in [0.717, 1.165) is 11.8 Å². The Kier molecular flexibility index (Phi) is 5.75. The molecule has 1 aromatic carbocycles. The number of urea groups is 1. The first-order valence-electron chi connectivity index (χ1n) is 7.35. The Labute approximate surface area is 141 Å². The zero-order valence-electron chi connectivity index (χ0n) is 13.5. The van der Waals surface area contributed by atoms with Gasteiger partial charge in [0.2, 0.25) is 10.0 Å². The Morgan fingerprint density at radius 3 is 2.62 bits per heavy atom. The van der Waals surface area contributed by atoms with Crippen molar-refractivity contribution in [3.63, 3.8) is 0 Å². The van der Waals surface area contributed by atoms with E-state index in [1.54, 1.807) is 49.6 Å². The van der Waals surface area contributed by atoms with Crippen molar-refractivity contribution in [3.05, 3.63) is 59.9 Å². The quantitative estimate of drug-likeness (QED) is 0.743. The molecule has 3 N–H and O–H groups in total. The van der Waals surface area contributed by atoms with Crippen LogP contribution in [-0.2, 0) is 16.6 Å². The first-order chi connectivity index (χ1) is 11.3. The lowest BCUT2D eigenvalue weighted by atomic mass is 10.1. The Bertz CT molecular complexity index is 794. The number of carbonyl (C=O) groups excluding carboxylic acids is 1. The molecule has 0 unspecified atom stereocenters. The molecule has 0 fully saturated rings. The van der Waals surface area contributed by atoms with Crippen molar-refractivity contribution in [1.82, 2.24) is 15.6 Å². The Morgan fingerprint density at radius 2 is 1.96 bits per heavy atom. The van der Waals surface area contributed by atoms with Crippen molar-refractivity contribution in [2.75, 3.05) is 11.0 Å². The lowest BCUT2D eigenvalue weighted by Crippen LogP contribution is -2.36. The zero-order chi connectivity index (χ0) is 17.6. The molecule has 0 saturated heterocycles. The number of rotatable bonds is 6. The molecule has 0 radical (unpaired) electrons. The fourth-order valence-electron chi connectivity index (χ4n) is 2.18. The number of aromatic nitrogens is 1. The molecule has 0 saturated carbocycles. The van der Waals surface area contributed by atoms with Gasteiger partial charge >= 0.3 is 6.03 Å². The van der Waals surface area contributed by atoms with E-state index >= 15 is 0 Å². The number of sulfonamides is 1. The molecule has 0 bridgehead atoms. The smallest absolute Gasteiger partial charge is 0.315 e. The molecule has 7 nitrogen and oxygen atoms in total. The summed E-state index contributed by atoms with van der Waals surface area (Å²) in [6.07, 6.45) is 4.43. The predicted octanol–water partition coefficient (Wildman–Crippen LogP) is 2.01. The van der Waals surface area contributed by atoms with Gasteiger partial charge in [0.05, 0.1) is 18.0 Å². The van der Waals surface area contributed by atoms with E-state index in [1.165, 1.54) is 0 Å². The van der Waals surface area contributed by atoms with Gasteiger partial charge in [-0.2, -0.15) is 0 Å². The average molecular weight is 348 g/mol. The molecule has 8 heteroatoms. The number of carbonyl (C=O) groups is 1. The summed E-state index contributed by atoms with van der Waals surface area (Å²) < 4.78 is 25.3. The van der Waals surface area contributed by atoms with Gasteiger partial charge in [-0.3, -0.25) is 9.71 Å². The van der Waals surface area contributed by atoms with Gasteiger partial charge in [-0.1, -0.05) is 24.3 Å². The minimum absolute atomic E-state index is 0.347. The molecule has 0 aliphatic rings. The third-order valence-electron chi connectivity index (χ3n) is 3.25. The van der Waals surface area contributed by atoms with Crippen molar-refractivity contribution in [3.8, 4) is 0 Å². The molecule has 0 spiro atoms. The van der Waals surface area contributed by atoms with Crippen LogP contribution >= 0.6 is 0 Å². The summed E-state index contributed by atoms with van der Waals surface area (Å²) in [6.45, 7) is 2.14. The molecule has 2 aromatic rings. The van der Waals surface area contributed by atoms with Crippen LogP contribution in [0.2, 0.25) is 0 Å². The fraction of sp³-hybridized carbons (Fsp3) is 0.250. The average Bonchev–Trinajstić information content (AvgIpc) is 2.53. The highest BCUT2D eigenvalue weighted by molar-refractivity contribution is 7.92. The number of nitrogens with one attached hydrogen (secondary N) is 3. The second-order valence-corrected chi connectivity index (χ2v) is 7.12. The van der Waals surface area contributed by atoms with Crippen LogP contribution < -0.4 is 15.4 Å². The topological polar surface area (TPSA) is 100 Å². The van der Waals surface area contributed by atoms with Gasteiger partial charge in [-0.25, -0.2) is 13.2 Å². The normalized spacial score (nSPS) is 12.2. The van der Waals surface area contributed by atoms with E-state index in [-0.39, 0.29) is 12.1 Å². The Balaban J connectivity index is 1.99. The van der Waals surface area contributed by atoms with E-state index in [2.05, 4.69) is 20.3 Å². The Morgan fingerprint density at radius 1 is 1.21 bits per heavy atom. The molecular weight excluding hydrogens is 328 g/mol. The number of para-hydroxylation sites is 1. The van der Waals surface area contributed by atoms with E-state index in [9.17, 15) is 13.2 Å². The lowest BCUT2D eigenvalue weighted by Gasteiger charge is -2.18. The third-order valence-corrected chi connectivity index (χ3v) is 3.84. The summed E-state index contributed by atoms with van der Waals surface area (Å²) >= 11 is 0. The largest absolute Gasteiger partial charge is 0.334 e. The van der Waals surface area contributed by atoms with Gasteiger partial charge in [0.15, 0.2) is 0 Å². The van der Waals surface area contributed by atoms with Crippen LogP contribution in [0.5, 0.6) is 0 Å². The van der Waals surface area contributed by atoms with E-state index in [4.69, 9.17) is 0 Å². The van der Waals surface area contributed by atoms with Crippen LogP contribution in [0.3, 0.4) is 0 Å². The van der Waals surface area contributed by atoms with E-state index in [1.807, 2.05) is 6.07 Å². The highest BCUT2D eigenvalue weighted by Gasteiger charge is 2.14. The van der Waals surface area contributed by atoms with Crippen LogP contribution in [0.4, 0.5) is 10.5 Å². The molecule has 0 aliphatic heterocycles. The van der Waals surface area contributed by atoms with Crippen LogP contribution in [0.25, 0.3) is 0 Å². The summed E-state index contributed by atoms with van der Waals surface area (Å²) in [5.41, 5.74) is 2.01. The van der Waals surface area contributed by atoms with Crippen LogP contribution in [0, 0.1) is 0 Å². The molecule has 2 amide bonds. The molecule has 1 atom stereocenters. The van der Waals surface area contributed by atoms with E-state index < -0.39 is 10.0 Å². The van der Waals surface area contributed by atoms with Crippen LogP contribution in [-0.4, -0.2) is 25.7 Å². The first-order valence-corrected chi connectivity index (χ1v) is 9.24. The second-order valence-electron chi connectivity index (χ2n) is 5.37. The highest BCUT2D eigenvalue weighted by atomic mass is 32.2. The standard InChI is InChI=1S/C16H20N4O3S/c1-12(14-7-3-4-8-15(14)20-24(2,22)23)19-16(21)18-11-13-6-5-9-17-10-13/h3-10,12,20H,11H2,1-2H3,(H2,18,19,21)/t12-/m0/s1. The predicted molar refractivity (Wildman–Crippen MR) is 92.9 cm³/mol. The number of nitrogens with zero attached hydrogens (tertiary/aromatic N) is 1. The summed E-state index contributed by atoms with van der Waals surface area (Å²) in [7, 11) is -3.39. The monoisotopic (exact) mass is 348 g/mol. The van der Waals surface area contributed by atoms with Crippen molar-refractivity contribution >= 4 is 21.7 Å². The molecule has 0 aliphatic carbocycles. The SMILES string of the molecule is C[C@H](NC(=O)NCc1cccnc1)c1ccccc1NS(C)(=O)=O. The number of hydrogen-bond acceptors (Lipinski definition) is 4. The van der Waals surface area contributed by atoms with Gasteiger partial charge in [0, 0.05) is 18.9 Å². The molecule has 2 rings (SSSR count). The lowest BCUT2D eigenvalue weighted by molar-refractivity contribution is 0.237. The minimum atomic E-state index is -3.39. The fourth-order valence-corrected chi connectivity index (χ4v) is 2.76. The summed E-state index contributed by atoms with van der Waals surface area (Å²) in [4.78, 5) is 16.0. The summed E-state index contributed by atoms with van der Waals surface area (Å²) in [5, 5.41) is 5.53. The number of hydrogen-bond donors (Lipinski definition) is 3. The second kappa shape index (κ2) is 7.78. The molecule has 1 heterocycles. The van der Waals surface area contributed by atoms with Crippen molar-refractivity contribution in [1.29, 1.82) is 0 Å². The minimum Gasteiger partial charge on any atom is -0.334 e. The van der Waals surface area contributed by atoms with Crippen LogP contribution in [0.15, 0.2) is 48.8 Å². The van der Waals surface area contributed by atoms with Gasteiger partial charge in [-0.15, -0.1) is 0 Å². The maximum atomic E-state index is 12.0. The number of pyridine rings is 1.